The lowest BCUT2D eigenvalue weighted by Gasteiger charge is -2.11. The van der Waals surface area contributed by atoms with Gasteiger partial charge < -0.3 is 15.0 Å². The number of carbonyl (C=O) groups excluding carboxylic acids is 1. The third-order valence-electron chi connectivity index (χ3n) is 2.04. The second-order valence-corrected chi connectivity index (χ2v) is 3.54. The SMILES string of the molecule is O=C(O)CCNC(=O)c1cccn1CC(F)(F)F. The second-order valence-electron chi connectivity index (χ2n) is 3.54. The summed E-state index contributed by atoms with van der Waals surface area (Å²) in [5.74, 6) is -1.83. The maximum atomic E-state index is 12.2. The largest absolute Gasteiger partial charge is 0.481 e. The zero-order valence-electron chi connectivity index (χ0n) is 9.20. The Morgan fingerprint density at radius 3 is 2.61 bits per heavy atom. The smallest absolute Gasteiger partial charge is 0.406 e. The molecule has 0 atom stereocenters. The van der Waals surface area contributed by atoms with Crippen LogP contribution in [0.4, 0.5) is 13.2 Å². The summed E-state index contributed by atoms with van der Waals surface area (Å²) in [6, 6.07) is 2.56. The van der Waals surface area contributed by atoms with Gasteiger partial charge in [0, 0.05) is 12.7 Å². The average molecular weight is 264 g/mol. The van der Waals surface area contributed by atoms with Crippen LogP contribution in [0.2, 0.25) is 0 Å². The molecule has 0 radical (unpaired) electrons. The number of aromatic nitrogens is 1. The van der Waals surface area contributed by atoms with E-state index in [0.29, 0.717) is 0 Å². The molecule has 0 fully saturated rings. The fraction of sp³-hybridized carbons (Fsp3) is 0.400. The highest BCUT2D eigenvalue weighted by molar-refractivity contribution is 5.92. The van der Waals surface area contributed by atoms with Crippen molar-refractivity contribution in [2.45, 2.75) is 19.1 Å². The maximum Gasteiger partial charge on any atom is 0.406 e. The Labute approximate surface area is 100 Å². The minimum atomic E-state index is -4.42. The Morgan fingerprint density at radius 1 is 1.39 bits per heavy atom. The summed E-state index contributed by atoms with van der Waals surface area (Å²) in [6.07, 6.45) is -3.57. The molecule has 1 amide bonds. The molecule has 0 aliphatic heterocycles. The van der Waals surface area contributed by atoms with Crippen molar-refractivity contribution in [2.75, 3.05) is 6.54 Å². The number of carboxylic acid groups (broad SMARTS) is 1. The number of carbonyl (C=O) groups is 2. The van der Waals surface area contributed by atoms with Crippen LogP contribution in [0.1, 0.15) is 16.9 Å². The van der Waals surface area contributed by atoms with Crippen LogP contribution in [0.15, 0.2) is 18.3 Å². The van der Waals surface area contributed by atoms with Gasteiger partial charge in [0.15, 0.2) is 0 Å². The van der Waals surface area contributed by atoms with Crippen molar-refractivity contribution in [3.8, 4) is 0 Å². The van der Waals surface area contributed by atoms with Crippen LogP contribution in [0.25, 0.3) is 0 Å². The molecule has 0 unspecified atom stereocenters. The van der Waals surface area contributed by atoms with Crippen LogP contribution >= 0.6 is 0 Å². The highest BCUT2D eigenvalue weighted by Gasteiger charge is 2.29. The van der Waals surface area contributed by atoms with E-state index in [2.05, 4.69) is 5.32 Å². The lowest BCUT2D eigenvalue weighted by atomic mass is 10.3. The molecule has 1 rings (SSSR count). The van der Waals surface area contributed by atoms with Crippen molar-refractivity contribution in [2.24, 2.45) is 0 Å². The van der Waals surface area contributed by atoms with Gasteiger partial charge in [-0.1, -0.05) is 0 Å². The predicted molar refractivity (Wildman–Crippen MR) is 55.1 cm³/mol. The van der Waals surface area contributed by atoms with Crippen LogP contribution in [0.5, 0.6) is 0 Å². The summed E-state index contributed by atoms with van der Waals surface area (Å²) in [5.41, 5.74) is -0.155. The van der Waals surface area contributed by atoms with Gasteiger partial charge in [-0.2, -0.15) is 13.2 Å². The van der Waals surface area contributed by atoms with E-state index in [1.165, 1.54) is 12.1 Å². The number of nitrogens with one attached hydrogen (secondary N) is 1. The van der Waals surface area contributed by atoms with E-state index < -0.39 is 24.6 Å². The Bertz CT molecular complexity index is 440. The number of halogens is 3. The molecule has 0 aliphatic carbocycles. The summed E-state index contributed by atoms with van der Waals surface area (Å²) in [7, 11) is 0. The number of hydrogen-bond donors (Lipinski definition) is 2. The molecule has 1 aromatic heterocycles. The normalized spacial score (nSPS) is 11.3. The van der Waals surface area contributed by atoms with Crippen molar-refractivity contribution >= 4 is 11.9 Å². The fourth-order valence-corrected chi connectivity index (χ4v) is 1.32. The molecule has 1 aromatic rings. The molecule has 0 saturated carbocycles. The van der Waals surface area contributed by atoms with Crippen LogP contribution in [-0.4, -0.2) is 34.3 Å². The zero-order chi connectivity index (χ0) is 13.8. The summed E-state index contributed by atoms with van der Waals surface area (Å²) < 4.78 is 37.3. The molecule has 100 valence electrons. The van der Waals surface area contributed by atoms with Gasteiger partial charge in [-0.3, -0.25) is 9.59 Å². The van der Waals surface area contributed by atoms with E-state index >= 15 is 0 Å². The van der Waals surface area contributed by atoms with Crippen molar-refractivity contribution in [3.63, 3.8) is 0 Å². The lowest BCUT2D eigenvalue weighted by molar-refractivity contribution is -0.140. The highest BCUT2D eigenvalue weighted by Crippen LogP contribution is 2.18. The summed E-state index contributed by atoms with van der Waals surface area (Å²) in [4.78, 5) is 21.7. The first kappa shape index (κ1) is 14.1. The minimum Gasteiger partial charge on any atom is -0.481 e. The summed E-state index contributed by atoms with van der Waals surface area (Å²) in [5, 5.41) is 10.6. The monoisotopic (exact) mass is 264 g/mol. The molecular weight excluding hydrogens is 253 g/mol. The van der Waals surface area contributed by atoms with Gasteiger partial charge in [0.05, 0.1) is 6.42 Å². The van der Waals surface area contributed by atoms with E-state index in [4.69, 9.17) is 5.11 Å². The molecule has 18 heavy (non-hydrogen) atoms. The van der Waals surface area contributed by atoms with Crippen molar-refractivity contribution in [3.05, 3.63) is 24.0 Å². The summed E-state index contributed by atoms with van der Waals surface area (Å²) in [6.45, 7) is -1.40. The van der Waals surface area contributed by atoms with Gasteiger partial charge >= 0.3 is 12.1 Å². The number of alkyl halides is 3. The van der Waals surface area contributed by atoms with Gasteiger partial charge in [0.1, 0.15) is 12.2 Å². The Kier molecular flexibility index (Phi) is 4.35. The maximum absolute atomic E-state index is 12.2. The lowest BCUT2D eigenvalue weighted by Crippen LogP contribution is -2.29. The zero-order valence-corrected chi connectivity index (χ0v) is 9.20. The van der Waals surface area contributed by atoms with Gasteiger partial charge in [-0.05, 0) is 12.1 Å². The Hall–Kier alpha value is -1.99. The number of hydrogen-bond acceptors (Lipinski definition) is 2. The van der Waals surface area contributed by atoms with Crippen molar-refractivity contribution in [1.82, 2.24) is 9.88 Å². The molecule has 2 N–H and O–H groups in total. The Morgan fingerprint density at radius 2 is 2.06 bits per heavy atom. The van der Waals surface area contributed by atoms with E-state index in [0.717, 1.165) is 10.8 Å². The van der Waals surface area contributed by atoms with Crippen LogP contribution < -0.4 is 5.32 Å². The summed E-state index contributed by atoms with van der Waals surface area (Å²) >= 11 is 0. The number of rotatable bonds is 5. The molecule has 1 heterocycles. The fourth-order valence-electron chi connectivity index (χ4n) is 1.32. The molecule has 5 nitrogen and oxygen atoms in total. The number of aliphatic carboxylic acids is 1. The van der Waals surface area contributed by atoms with Crippen molar-refractivity contribution in [1.29, 1.82) is 0 Å². The van der Waals surface area contributed by atoms with Gasteiger partial charge in [-0.15, -0.1) is 0 Å². The first-order valence-corrected chi connectivity index (χ1v) is 5.01. The average Bonchev–Trinajstić information content (AvgIpc) is 2.62. The Balaban J connectivity index is 2.63. The topological polar surface area (TPSA) is 71.3 Å². The predicted octanol–water partition coefficient (Wildman–Crippen LogP) is 1.25. The van der Waals surface area contributed by atoms with Crippen LogP contribution in [0.3, 0.4) is 0 Å². The number of nitrogens with zero attached hydrogens (tertiary/aromatic N) is 1. The third-order valence-corrected chi connectivity index (χ3v) is 2.04. The molecular formula is C10H11F3N2O3. The van der Waals surface area contributed by atoms with E-state index in [1.807, 2.05) is 0 Å². The van der Waals surface area contributed by atoms with E-state index in [1.54, 1.807) is 0 Å². The minimum absolute atomic E-state index is 0.134. The van der Waals surface area contributed by atoms with Crippen molar-refractivity contribution < 1.29 is 27.9 Å². The van der Waals surface area contributed by atoms with Gasteiger partial charge in [-0.25, -0.2) is 0 Å². The molecule has 0 saturated heterocycles. The van der Waals surface area contributed by atoms with Gasteiger partial charge in [0.25, 0.3) is 5.91 Å². The van der Waals surface area contributed by atoms with Crippen LogP contribution in [0, 0.1) is 0 Å². The quantitative estimate of drug-likeness (QED) is 0.840. The first-order chi connectivity index (χ1) is 8.29. The highest BCUT2D eigenvalue weighted by atomic mass is 19.4. The van der Waals surface area contributed by atoms with Crippen LogP contribution in [-0.2, 0) is 11.3 Å². The third kappa shape index (κ3) is 4.48. The van der Waals surface area contributed by atoms with Gasteiger partial charge in [0.2, 0.25) is 0 Å². The molecule has 0 aromatic carbocycles. The van der Waals surface area contributed by atoms with E-state index in [-0.39, 0.29) is 18.7 Å². The molecule has 0 aliphatic rings. The second kappa shape index (κ2) is 5.56. The van der Waals surface area contributed by atoms with E-state index in [9.17, 15) is 22.8 Å². The number of carboxylic acids is 1. The standard InChI is InChI=1S/C10H11F3N2O3/c11-10(12,13)6-15-5-1-2-7(15)9(18)14-4-3-8(16)17/h1-2,5H,3-4,6H2,(H,14,18)(H,16,17). The first-order valence-electron chi connectivity index (χ1n) is 5.01. The molecule has 8 heteroatoms. The molecule has 0 spiro atoms. The number of amides is 1. The molecule has 0 bridgehead atoms.